The minimum atomic E-state index is -0.469. The lowest BCUT2D eigenvalue weighted by atomic mass is 10.0. The highest BCUT2D eigenvalue weighted by Crippen LogP contribution is 2.37. The molecule has 0 radical (unpaired) electrons. The lowest BCUT2D eigenvalue weighted by Crippen LogP contribution is -2.10. The number of thioether (sulfide) groups is 1. The number of ketones is 1. The van der Waals surface area contributed by atoms with Crippen LogP contribution in [0, 0.1) is 20.8 Å². The predicted octanol–water partition coefficient (Wildman–Crippen LogP) is 5.76. The van der Waals surface area contributed by atoms with Crippen molar-refractivity contribution < 1.29 is 9.21 Å². The topological polar surface area (TPSA) is 68.9 Å². The van der Waals surface area contributed by atoms with Gasteiger partial charge in [-0.3, -0.25) is 4.79 Å². The molecule has 152 valence electrons. The molecule has 4 aromatic rings. The molecule has 2 aromatic carbocycles. The van der Waals surface area contributed by atoms with E-state index in [1.165, 1.54) is 11.8 Å². The van der Waals surface area contributed by atoms with Crippen molar-refractivity contribution in [2.45, 2.75) is 37.7 Å². The van der Waals surface area contributed by atoms with Gasteiger partial charge in [0, 0.05) is 10.9 Å². The molecule has 2 heterocycles. The first-order valence-electron chi connectivity index (χ1n) is 9.55. The number of aryl methyl sites for hydroxylation is 3. The highest BCUT2D eigenvalue weighted by atomic mass is 32.2. The summed E-state index contributed by atoms with van der Waals surface area (Å²) < 4.78 is 5.83. The van der Waals surface area contributed by atoms with Gasteiger partial charge in [-0.2, -0.15) is 0 Å². The summed E-state index contributed by atoms with van der Waals surface area (Å²) in [4.78, 5) is 17.8. The van der Waals surface area contributed by atoms with Crippen molar-refractivity contribution in [1.82, 2.24) is 15.2 Å². The van der Waals surface area contributed by atoms with Gasteiger partial charge in [-0.15, -0.1) is 21.5 Å². The third-order valence-electron chi connectivity index (χ3n) is 4.62. The lowest BCUT2D eigenvalue weighted by molar-refractivity contribution is 0.0989. The van der Waals surface area contributed by atoms with E-state index in [4.69, 9.17) is 4.42 Å². The molecule has 0 aliphatic rings. The highest BCUT2D eigenvalue weighted by molar-refractivity contribution is 8.00. The van der Waals surface area contributed by atoms with Crippen LogP contribution in [0.2, 0.25) is 0 Å². The molecule has 0 bridgehead atoms. The third-order valence-corrected chi connectivity index (χ3v) is 6.53. The van der Waals surface area contributed by atoms with Crippen molar-refractivity contribution in [3.05, 3.63) is 92.8 Å². The second-order valence-electron chi connectivity index (χ2n) is 7.14. The Morgan fingerprint density at radius 2 is 1.67 bits per heavy atom. The fourth-order valence-electron chi connectivity index (χ4n) is 2.99. The van der Waals surface area contributed by atoms with Gasteiger partial charge in [-0.05, 0) is 38.1 Å². The number of benzene rings is 2. The number of thiazole rings is 1. The minimum absolute atomic E-state index is 0.0127. The Kier molecular flexibility index (Phi) is 6.11. The molecule has 2 aromatic heterocycles. The summed E-state index contributed by atoms with van der Waals surface area (Å²) in [6.45, 7) is 5.99. The standard InChI is InChI=1S/C23H21N3O2S2/c1-14-4-8-17(9-5-14)21(27)22(18-10-6-15(2)7-11-18)30-23-26-25-20(28-23)12-19-13-29-16(3)24-19/h4-11,13,22H,12H2,1-3H3. The molecule has 0 spiro atoms. The Morgan fingerprint density at radius 1 is 1.00 bits per heavy atom. The average molecular weight is 436 g/mol. The Labute approximate surface area is 183 Å². The van der Waals surface area contributed by atoms with Crippen molar-refractivity contribution in [2.75, 3.05) is 0 Å². The van der Waals surface area contributed by atoms with Crippen LogP contribution in [0.4, 0.5) is 0 Å². The summed E-state index contributed by atoms with van der Waals surface area (Å²) in [6.07, 6.45) is 0.485. The number of carbonyl (C=O) groups excluding carboxylic acids is 1. The van der Waals surface area contributed by atoms with Crippen LogP contribution in [0.5, 0.6) is 0 Å². The van der Waals surface area contributed by atoms with Crippen molar-refractivity contribution >= 4 is 28.9 Å². The van der Waals surface area contributed by atoms with E-state index in [2.05, 4.69) is 15.2 Å². The Morgan fingerprint density at radius 3 is 2.30 bits per heavy atom. The molecule has 5 nitrogen and oxygen atoms in total. The minimum Gasteiger partial charge on any atom is -0.416 e. The van der Waals surface area contributed by atoms with E-state index in [0.29, 0.717) is 23.1 Å². The molecule has 1 atom stereocenters. The summed E-state index contributed by atoms with van der Waals surface area (Å²) in [5.74, 6) is 0.506. The smallest absolute Gasteiger partial charge is 0.277 e. The maximum absolute atomic E-state index is 13.3. The number of hydrogen-bond acceptors (Lipinski definition) is 7. The fourth-order valence-corrected chi connectivity index (χ4v) is 4.57. The number of hydrogen-bond donors (Lipinski definition) is 0. The Bertz CT molecular complexity index is 1150. The van der Waals surface area contributed by atoms with Crippen LogP contribution < -0.4 is 0 Å². The van der Waals surface area contributed by atoms with Crippen LogP contribution in [0.25, 0.3) is 0 Å². The molecule has 0 aliphatic carbocycles. The van der Waals surface area contributed by atoms with Crippen LogP contribution in [-0.2, 0) is 6.42 Å². The normalized spacial score (nSPS) is 12.1. The molecule has 30 heavy (non-hydrogen) atoms. The molecular weight excluding hydrogens is 414 g/mol. The molecule has 0 saturated heterocycles. The first-order chi connectivity index (χ1) is 14.5. The second kappa shape index (κ2) is 8.93. The van der Waals surface area contributed by atoms with Gasteiger partial charge in [0.05, 0.1) is 17.1 Å². The first kappa shape index (κ1) is 20.5. The zero-order chi connectivity index (χ0) is 21.1. The van der Waals surface area contributed by atoms with Crippen LogP contribution in [0.3, 0.4) is 0 Å². The van der Waals surface area contributed by atoms with E-state index in [-0.39, 0.29) is 5.78 Å². The zero-order valence-corrected chi connectivity index (χ0v) is 18.6. The molecular formula is C23H21N3O2S2. The SMILES string of the molecule is Cc1ccc(C(=O)C(Sc2nnc(Cc3csc(C)n3)o2)c2ccc(C)cc2)cc1. The van der Waals surface area contributed by atoms with Crippen LogP contribution in [-0.4, -0.2) is 21.0 Å². The van der Waals surface area contributed by atoms with E-state index >= 15 is 0 Å². The highest BCUT2D eigenvalue weighted by Gasteiger charge is 2.26. The largest absolute Gasteiger partial charge is 0.416 e. The molecule has 1 unspecified atom stereocenters. The summed E-state index contributed by atoms with van der Waals surface area (Å²) in [6, 6.07) is 15.6. The predicted molar refractivity (Wildman–Crippen MR) is 119 cm³/mol. The summed E-state index contributed by atoms with van der Waals surface area (Å²) in [5, 5.41) is 11.2. The van der Waals surface area contributed by atoms with E-state index < -0.39 is 5.25 Å². The first-order valence-corrected chi connectivity index (χ1v) is 11.3. The summed E-state index contributed by atoms with van der Waals surface area (Å²) in [7, 11) is 0. The summed E-state index contributed by atoms with van der Waals surface area (Å²) in [5.41, 5.74) is 4.74. The number of aromatic nitrogens is 3. The van der Waals surface area contributed by atoms with Gasteiger partial charge in [0.25, 0.3) is 5.22 Å². The zero-order valence-electron chi connectivity index (χ0n) is 17.0. The Balaban J connectivity index is 1.59. The van der Waals surface area contributed by atoms with Gasteiger partial charge >= 0.3 is 0 Å². The summed E-state index contributed by atoms with van der Waals surface area (Å²) >= 11 is 2.87. The van der Waals surface area contributed by atoms with Crippen molar-refractivity contribution in [3.63, 3.8) is 0 Å². The van der Waals surface area contributed by atoms with E-state index in [0.717, 1.165) is 27.4 Å². The maximum atomic E-state index is 13.3. The van der Waals surface area contributed by atoms with Gasteiger partial charge in [0.1, 0.15) is 5.25 Å². The van der Waals surface area contributed by atoms with Gasteiger partial charge in [-0.1, -0.05) is 59.7 Å². The number of nitrogens with zero attached hydrogens (tertiary/aromatic N) is 3. The second-order valence-corrected chi connectivity index (χ2v) is 9.25. The molecule has 0 fully saturated rings. The maximum Gasteiger partial charge on any atom is 0.277 e. The van der Waals surface area contributed by atoms with E-state index in [1.807, 2.05) is 74.7 Å². The molecule has 0 aliphatic heterocycles. The monoisotopic (exact) mass is 435 g/mol. The third kappa shape index (κ3) is 4.86. The quantitative estimate of drug-likeness (QED) is 0.272. The van der Waals surface area contributed by atoms with Crippen molar-refractivity contribution in [1.29, 1.82) is 0 Å². The van der Waals surface area contributed by atoms with Crippen LogP contribution in [0.1, 0.15) is 48.9 Å². The Hall–Kier alpha value is -2.77. The van der Waals surface area contributed by atoms with Crippen molar-refractivity contribution in [2.24, 2.45) is 0 Å². The van der Waals surface area contributed by atoms with Gasteiger partial charge in [0.15, 0.2) is 5.78 Å². The fraction of sp³-hybridized carbons (Fsp3) is 0.217. The lowest BCUT2D eigenvalue weighted by Gasteiger charge is -2.14. The molecule has 0 N–H and O–H groups in total. The van der Waals surface area contributed by atoms with Crippen LogP contribution in [0.15, 0.2) is 63.6 Å². The van der Waals surface area contributed by atoms with Gasteiger partial charge < -0.3 is 4.42 Å². The van der Waals surface area contributed by atoms with Crippen molar-refractivity contribution in [3.8, 4) is 0 Å². The van der Waals surface area contributed by atoms with Crippen LogP contribution >= 0.6 is 23.1 Å². The van der Waals surface area contributed by atoms with Gasteiger partial charge in [0.2, 0.25) is 5.89 Å². The average Bonchev–Trinajstić information content (AvgIpc) is 3.36. The number of carbonyl (C=O) groups is 1. The molecule has 0 saturated carbocycles. The van der Waals surface area contributed by atoms with E-state index in [1.54, 1.807) is 11.3 Å². The van der Waals surface area contributed by atoms with E-state index in [9.17, 15) is 4.79 Å². The van der Waals surface area contributed by atoms with Gasteiger partial charge in [-0.25, -0.2) is 4.98 Å². The molecule has 7 heteroatoms. The molecule has 0 amide bonds. The number of rotatable bonds is 7. The molecule has 4 rings (SSSR count). The number of Topliss-reactive ketones (excluding diaryl/α,β-unsaturated/α-hetero) is 1.